The Balaban J connectivity index is 1.42. The van der Waals surface area contributed by atoms with Crippen molar-refractivity contribution in [1.82, 2.24) is 10.2 Å². The van der Waals surface area contributed by atoms with Gasteiger partial charge >= 0.3 is 0 Å². The Labute approximate surface area is 163 Å². The quantitative estimate of drug-likeness (QED) is 0.739. The fourth-order valence-electron chi connectivity index (χ4n) is 3.64. The highest BCUT2D eigenvalue weighted by Gasteiger charge is 2.35. The van der Waals surface area contributed by atoms with Gasteiger partial charge in [0.2, 0.25) is 5.91 Å². The van der Waals surface area contributed by atoms with E-state index in [0.29, 0.717) is 19.5 Å². The number of hydrogen-bond donors (Lipinski definition) is 1. The highest BCUT2D eigenvalue weighted by molar-refractivity contribution is 5.96. The zero-order valence-corrected chi connectivity index (χ0v) is 15.7. The number of amides is 2. The molecule has 0 radical (unpaired) electrons. The molecule has 1 fully saturated rings. The maximum absolute atomic E-state index is 12.7. The van der Waals surface area contributed by atoms with Gasteiger partial charge in [-0.15, -0.1) is 0 Å². The summed E-state index contributed by atoms with van der Waals surface area (Å²) in [4.78, 5) is 26.8. The van der Waals surface area contributed by atoms with E-state index in [1.165, 1.54) is 6.26 Å². The van der Waals surface area contributed by atoms with E-state index >= 15 is 0 Å². The molecule has 1 aromatic heterocycles. The number of carbonyl (C=O) groups excluding carboxylic acids is 2. The van der Waals surface area contributed by atoms with Gasteiger partial charge in [-0.25, -0.2) is 0 Å². The zero-order chi connectivity index (χ0) is 19.5. The molecule has 6 heteroatoms. The summed E-state index contributed by atoms with van der Waals surface area (Å²) in [6.45, 7) is 0.982. The summed E-state index contributed by atoms with van der Waals surface area (Å²) in [5.41, 5.74) is 1.01. The van der Waals surface area contributed by atoms with Crippen LogP contribution < -0.4 is 10.1 Å². The normalized spacial score (nSPS) is 16.3. The standard InChI is InChI=1S/C22H22N2O4/c1-27-18-9-8-16-12-15(6-7-17(16)13-18)14-23-21(25)19-4-2-10-24(19)22(26)20-5-3-11-28-20/h3,5-9,11-13,19H,2,4,10,14H2,1H3,(H,23,25). The SMILES string of the molecule is COc1ccc2cc(CNC(=O)C3CCCN3C(=O)c3ccco3)ccc2c1. The van der Waals surface area contributed by atoms with Crippen LogP contribution in [-0.4, -0.2) is 36.4 Å². The predicted molar refractivity (Wildman–Crippen MR) is 105 cm³/mol. The minimum atomic E-state index is -0.456. The molecule has 28 heavy (non-hydrogen) atoms. The van der Waals surface area contributed by atoms with E-state index in [1.807, 2.05) is 30.3 Å². The van der Waals surface area contributed by atoms with E-state index in [0.717, 1.165) is 28.5 Å². The second-order valence-corrected chi connectivity index (χ2v) is 6.90. The van der Waals surface area contributed by atoms with Gasteiger partial charge in [-0.3, -0.25) is 9.59 Å². The maximum atomic E-state index is 12.7. The number of fused-ring (bicyclic) bond motifs is 1. The van der Waals surface area contributed by atoms with E-state index < -0.39 is 6.04 Å². The van der Waals surface area contributed by atoms with Crippen molar-refractivity contribution in [3.05, 3.63) is 66.1 Å². The molecule has 0 saturated carbocycles. The third kappa shape index (κ3) is 3.58. The molecular formula is C22H22N2O4. The molecule has 1 aliphatic rings. The Bertz CT molecular complexity index is 997. The van der Waals surface area contributed by atoms with Crippen molar-refractivity contribution in [3.8, 4) is 5.75 Å². The number of methoxy groups -OCH3 is 1. The van der Waals surface area contributed by atoms with Crippen molar-refractivity contribution in [3.63, 3.8) is 0 Å². The third-order valence-electron chi connectivity index (χ3n) is 5.13. The Morgan fingerprint density at radius 2 is 2.00 bits per heavy atom. The predicted octanol–water partition coefficient (Wildman–Crippen LogP) is 3.36. The molecule has 3 aromatic rings. The Kier molecular flexibility index (Phi) is 5.02. The Morgan fingerprint density at radius 1 is 1.18 bits per heavy atom. The van der Waals surface area contributed by atoms with E-state index in [4.69, 9.17) is 9.15 Å². The lowest BCUT2D eigenvalue weighted by molar-refractivity contribution is -0.125. The molecule has 1 N–H and O–H groups in total. The summed E-state index contributed by atoms with van der Waals surface area (Å²) in [7, 11) is 1.65. The van der Waals surface area contributed by atoms with Gasteiger partial charge in [-0.05, 0) is 59.5 Å². The molecular weight excluding hydrogens is 356 g/mol. The van der Waals surface area contributed by atoms with E-state index in [9.17, 15) is 9.59 Å². The first kappa shape index (κ1) is 18.1. The van der Waals surface area contributed by atoms with Crippen LogP contribution in [0.3, 0.4) is 0 Å². The van der Waals surface area contributed by atoms with Crippen LogP contribution in [0.4, 0.5) is 0 Å². The van der Waals surface area contributed by atoms with Crippen LogP contribution in [0.1, 0.15) is 29.0 Å². The van der Waals surface area contributed by atoms with Gasteiger partial charge in [0.15, 0.2) is 5.76 Å². The molecule has 1 unspecified atom stereocenters. The lowest BCUT2D eigenvalue weighted by atomic mass is 10.1. The number of nitrogens with zero attached hydrogens (tertiary/aromatic N) is 1. The fraction of sp³-hybridized carbons (Fsp3) is 0.273. The van der Waals surface area contributed by atoms with Gasteiger partial charge < -0.3 is 19.4 Å². The molecule has 6 nitrogen and oxygen atoms in total. The lowest BCUT2D eigenvalue weighted by Crippen LogP contribution is -2.45. The minimum Gasteiger partial charge on any atom is -0.497 e. The van der Waals surface area contributed by atoms with Crippen molar-refractivity contribution >= 4 is 22.6 Å². The van der Waals surface area contributed by atoms with E-state index in [1.54, 1.807) is 24.1 Å². The summed E-state index contributed by atoms with van der Waals surface area (Å²) in [5, 5.41) is 5.14. The minimum absolute atomic E-state index is 0.132. The summed E-state index contributed by atoms with van der Waals surface area (Å²) in [6.07, 6.45) is 2.94. The highest BCUT2D eigenvalue weighted by Crippen LogP contribution is 2.23. The summed E-state index contributed by atoms with van der Waals surface area (Å²) in [6, 6.07) is 14.8. The molecule has 4 rings (SSSR count). The largest absolute Gasteiger partial charge is 0.497 e. The van der Waals surface area contributed by atoms with Crippen molar-refractivity contribution < 1.29 is 18.7 Å². The molecule has 1 atom stereocenters. The van der Waals surface area contributed by atoms with Crippen molar-refractivity contribution in [2.45, 2.75) is 25.4 Å². The van der Waals surface area contributed by atoms with Gasteiger partial charge in [0.25, 0.3) is 5.91 Å². The molecule has 0 spiro atoms. The number of furan rings is 1. The molecule has 0 aliphatic carbocycles. The van der Waals surface area contributed by atoms with Crippen molar-refractivity contribution in [2.24, 2.45) is 0 Å². The van der Waals surface area contributed by atoms with Crippen LogP contribution in [0.15, 0.2) is 59.2 Å². The van der Waals surface area contributed by atoms with Crippen molar-refractivity contribution in [1.29, 1.82) is 0 Å². The number of carbonyl (C=O) groups is 2. The van der Waals surface area contributed by atoms with Gasteiger partial charge in [0.1, 0.15) is 11.8 Å². The number of rotatable bonds is 5. The first-order valence-electron chi connectivity index (χ1n) is 9.34. The van der Waals surface area contributed by atoms with E-state index in [-0.39, 0.29) is 17.6 Å². The first-order chi connectivity index (χ1) is 13.7. The average Bonchev–Trinajstić information content (AvgIpc) is 3.43. The van der Waals surface area contributed by atoms with Crippen LogP contribution in [-0.2, 0) is 11.3 Å². The Morgan fingerprint density at radius 3 is 2.79 bits per heavy atom. The summed E-state index contributed by atoms with van der Waals surface area (Å²) >= 11 is 0. The number of hydrogen-bond acceptors (Lipinski definition) is 4. The van der Waals surface area contributed by atoms with Gasteiger partial charge in [0, 0.05) is 13.1 Å². The first-order valence-corrected chi connectivity index (χ1v) is 9.34. The number of likely N-dealkylation sites (tertiary alicyclic amines) is 1. The summed E-state index contributed by atoms with van der Waals surface area (Å²) in [5.74, 6) is 0.718. The monoisotopic (exact) mass is 378 g/mol. The second kappa shape index (κ2) is 7.76. The highest BCUT2D eigenvalue weighted by atomic mass is 16.5. The zero-order valence-electron chi connectivity index (χ0n) is 15.7. The van der Waals surface area contributed by atoms with Gasteiger partial charge in [0.05, 0.1) is 13.4 Å². The van der Waals surface area contributed by atoms with Crippen LogP contribution in [0, 0.1) is 0 Å². The average molecular weight is 378 g/mol. The van der Waals surface area contributed by atoms with Gasteiger partial charge in [-0.2, -0.15) is 0 Å². The Hall–Kier alpha value is -3.28. The van der Waals surface area contributed by atoms with Gasteiger partial charge in [-0.1, -0.05) is 18.2 Å². The molecule has 1 aliphatic heterocycles. The second-order valence-electron chi connectivity index (χ2n) is 6.90. The number of benzene rings is 2. The summed E-state index contributed by atoms with van der Waals surface area (Å²) < 4.78 is 10.4. The molecule has 2 heterocycles. The topological polar surface area (TPSA) is 71.8 Å². The molecule has 2 aromatic carbocycles. The van der Waals surface area contributed by atoms with Crippen LogP contribution in [0.5, 0.6) is 5.75 Å². The maximum Gasteiger partial charge on any atom is 0.290 e. The number of ether oxygens (including phenoxy) is 1. The van der Waals surface area contributed by atoms with Crippen molar-refractivity contribution in [2.75, 3.05) is 13.7 Å². The van der Waals surface area contributed by atoms with Crippen LogP contribution >= 0.6 is 0 Å². The molecule has 0 bridgehead atoms. The molecule has 1 saturated heterocycles. The third-order valence-corrected chi connectivity index (χ3v) is 5.13. The van der Waals surface area contributed by atoms with Crippen LogP contribution in [0.2, 0.25) is 0 Å². The molecule has 2 amide bonds. The number of nitrogens with one attached hydrogen (secondary N) is 1. The lowest BCUT2D eigenvalue weighted by Gasteiger charge is -2.23. The fourth-order valence-corrected chi connectivity index (χ4v) is 3.64. The smallest absolute Gasteiger partial charge is 0.290 e. The van der Waals surface area contributed by atoms with Crippen LogP contribution in [0.25, 0.3) is 10.8 Å². The van der Waals surface area contributed by atoms with E-state index in [2.05, 4.69) is 11.4 Å². The molecule has 144 valence electrons.